The molecule has 6 heteroatoms. The third-order valence-corrected chi connectivity index (χ3v) is 5.35. The number of esters is 1. The van der Waals surface area contributed by atoms with Gasteiger partial charge in [-0.2, -0.15) is 4.98 Å². The summed E-state index contributed by atoms with van der Waals surface area (Å²) in [5.74, 6) is -0.398. The number of piperazine rings is 1. The zero-order chi connectivity index (χ0) is 19.5. The fraction of sp³-hybridized carbons (Fsp3) is 0.364. The molecule has 0 radical (unpaired) electrons. The van der Waals surface area contributed by atoms with Gasteiger partial charge in [0.05, 0.1) is 12.7 Å². The summed E-state index contributed by atoms with van der Waals surface area (Å²) < 4.78 is 10.9. The van der Waals surface area contributed by atoms with Gasteiger partial charge in [-0.15, -0.1) is 0 Å². The van der Waals surface area contributed by atoms with Gasteiger partial charge in [0, 0.05) is 32.2 Å². The van der Waals surface area contributed by atoms with Crippen molar-refractivity contribution in [2.45, 2.75) is 25.9 Å². The normalized spacial score (nSPS) is 17.8. The van der Waals surface area contributed by atoms with Crippen molar-refractivity contribution in [1.82, 2.24) is 9.88 Å². The second-order valence-corrected chi connectivity index (χ2v) is 7.12. The second-order valence-electron chi connectivity index (χ2n) is 7.12. The molecule has 1 aromatic heterocycles. The minimum absolute atomic E-state index is 0.312. The van der Waals surface area contributed by atoms with Crippen LogP contribution in [0.15, 0.2) is 52.9 Å². The Hall–Kier alpha value is -2.86. The lowest BCUT2D eigenvalue weighted by Crippen LogP contribution is -2.52. The zero-order valence-corrected chi connectivity index (χ0v) is 16.3. The number of hydrogen-bond donors (Lipinski definition) is 0. The Bertz CT molecular complexity index is 954. The van der Waals surface area contributed by atoms with E-state index in [1.165, 1.54) is 12.7 Å². The van der Waals surface area contributed by atoms with Crippen LogP contribution in [0.1, 0.15) is 29.3 Å². The predicted octanol–water partition coefficient (Wildman–Crippen LogP) is 3.72. The highest BCUT2D eigenvalue weighted by molar-refractivity contribution is 6.01. The van der Waals surface area contributed by atoms with E-state index in [9.17, 15) is 4.79 Å². The molecule has 3 aromatic rings. The van der Waals surface area contributed by atoms with E-state index in [0.29, 0.717) is 28.7 Å². The van der Waals surface area contributed by atoms with E-state index in [1.54, 1.807) is 12.1 Å². The van der Waals surface area contributed by atoms with Crippen molar-refractivity contribution in [3.05, 3.63) is 59.7 Å². The van der Waals surface area contributed by atoms with Crippen LogP contribution in [0.25, 0.3) is 11.1 Å². The van der Waals surface area contributed by atoms with Gasteiger partial charge >= 0.3 is 5.97 Å². The van der Waals surface area contributed by atoms with E-state index in [2.05, 4.69) is 46.0 Å². The lowest BCUT2D eigenvalue weighted by molar-refractivity contribution is 0.0602. The van der Waals surface area contributed by atoms with Gasteiger partial charge in [0.15, 0.2) is 5.58 Å². The van der Waals surface area contributed by atoms with Gasteiger partial charge in [-0.3, -0.25) is 4.90 Å². The quantitative estimate of drug-likeness (QED) is 0.630. The SMILES string of the molecule is CC[C@H]1CN(Cc2ccccc2)CCN1c1nc2c(C(=O)OC)cccc2o1. The molecule has 0 spiro atoms. The van der Waals surface area contributed by atoms with Crippen LogP contribution in [0.3, 0.4) is 0 Å². The largest absolute Gasteiger partial charge is 0.465 e. The van der Waals surface area contributed by atoms with Crippen molar-refractivity contribution in [1.29, 1.82) is 0 Å². The third-order valence-electron chi connectivity index (χ3n) is 5.35. The Labute approximate surface area is 164 Å². The van der Waals surface area contributed by atoms with Crippen molar-refractivity contribution in [3.63, 3.8) is 0 Å². The van der Waals surface area contributed by atoms with E-state index in [1.807, 2.05) is 12.1 Å². The smallest absolute Gasteiger partial charge is 0.340 e. The molecule has 2 aromatic carbocycles. The van der Waals surface area contributed by atoms with E-state index in [-0.39, 0.29) is 0 Å². The number of aromatic nitrogens is 1. The summed E-state index contributed by atoms with van der Waals surface area (Å²) in [4.78, 5) is 21.4. The first kappa shape index (κ1) is 18.5. The molecule has 0 aliphatic carbocycles. The van der Waals surface area contributed by atoms with Gasteiger partial charge in [-0.1, -0.05) is 43.3 Å². The van der Waals surface area contributed by atoms with E-state index >= 15 is 0 Å². The average molecular weight is 379 g/mol. The molecule has 0 saturated carbocycles. The number of carbonyl (C=O) groups excluding carboxylic acids is 1. The van der Waals surface area contributed by atoms with Crippen molar-refractivity contribution >= 4 is 23.1 Å². The van der Waals surface area contributed by atoms with E-state index in [0.717, 1.165) is 32.6 Å². The molecular formula is C22H25N3O3. The molecule has 6 nitrogen and oxygen atoms in total. The van der Waals surface area contributed by atoms with Crippen LogP contribution in [-0.2, 0) is 11.3 Å². The lowest BCUT2D eigenvalue weighted by Gasteiger charge is -2.40. The minimum atomic E-state index is -0.398. The molecule has 1 aliphatic rings. The molecular weight excluding hydrogens is 354 g/mol. The fourth-order valence-electron chi connectivity index (χ4n) is 3.84. The van der Waals surface area contributed by atoms with Gasteiger partial charge in [0.2, 0.25) is 0 Å². The average Bonchev–Trinajstić information content (AvgIpc) is 3.18. The van der Waals surface area contributed by atoms with Crippen molar-refractivity contribution in [2.75, 3.05) is 31.6 Å². The Morgan fingerprint density at radius 2 is 2.00 bits per heavy atom. The van der Waals surface area contributed by atoms with Crippen LogP contribution in [0.2, 0.25) is 0 Å². The maximum Gasteiger partial charge on any atom is 0.340 e. The number of oxazole rings is 1. The van der Waals surface area contributed by atoms with Crippen LogP contribution in [0.4, 0.5) is 6.01 Å². The summed E-state index contributed by atoms with van der Waals surface area (Å²) in [5.41, 5.74) is 2.94. The van der Waals surface area contributed by atoms with Crippen molar-refractivity contribution < 1.29 is 13.9 Å². The van der Waals surface area contributed by atoms with Gasteiger partial charge in [0.25, 0.3) is 6.01 Å². The highest BCUT2D eigenvalue weighted by Gasteiger charge is 2.29. The molecule has 146 valence electrons. The number of nitrogens with zero attached hydrogens (tertiary/aromatic N) is 3. The molecule has 1 aliphatic heterocycles. The van der Waals surface area contributed by atoms with Gasteiger partial charge < -0.3 is 14.1 Å². The standard InChI is InChI=1S/C22H25N3O3/c1-3-17-15-24(14-16-8-5-4-6-9-16)12-13-25(17)22-23-20-18(21(26)27-2)10-7-11-19(20)28-22/h4-11,17H,3,12-15H2,1-2H3/t17-/m0/s1. The topological polar surface area (TPSA) is 58.8 Å². The third kappa shape index (κ3) is 3.60. The molecule has 2 heterocycles. The van der Waals surface area contributed by atoms with Crippen LogP contribution in [-0.4, -0.2) is 48.6 Å². The number of ether oxygens (including phenoxy) is 1. The van der Waals surface area contributed by atoms with Gasteiger partial charge in [0.1, 0.15) is 5.52 Å². The number of hydrogen-bond acceptors (Lipinski definition) is 6. The molecule has 1 atom stereocenters. The summed E-state index contributed by atoms with van der Waals surface area (Å²) in [5, 5.41) is 0. The van der Waals surface area contributed by atoms with Crippen LogP contribution >= 0.6 is 0 Å². The molecule has 4 rings (SSSR count). The molecule has 1 saturated heterocycles. The van der Waals surface area contributed by atoms with Crippen molar-refractivity contribution in [3.8, 4) is 0 Å². The van der Waals surface area contributed by atoms with E-state index < -0.39 is 5.97 Å². The van der Waals surface area contributed by atoms with E-state index in [4.69, 9.17) is 9.15 Å². The van der Waals surface area contributed by atoms with Crippen LogP contribution in [0, 0.1) is 0 Å². The summed E-state index contributed by atoms with van der Waals surface area (Å²) in [6, 6.07) is 16.8. The Morgan fingerprint density at radius 1 is 1.18 bits per heavy atom. The molecule has 0 bridgehead atoms. The number of carbonyl (C=O) groups is 1. The number of anilines is 1. The first-order chi connectivity index (χ1) is 13.7. The first-order valence-corrected chi connectivity index (χ1v) is 9.70. The van der Waals surface area contributed by atoms with Crippen LogP contribution in [0.5, 0.6) is 0 Å². The molecule has 0 N–H and O–H groups in total. The minimum Gasteiger partial charge on any atom is -0.465 e. The highest BCUT2D eigenvalue weighted by atomic mass is 16.5. The van der Waals surface area contributed by atoms with Crippen LogP contribution < -0.4 is 4.90 Å². The van der Waals surface area contributed by atoms with Gasteiger partial charge in [-0.05, 0) is 24.1 Å². The Kier molecular flexibility index (Phi) is 5.30. The number of methoxy groups -OCH3 is 1. The number of benzene rings is 2. The Morgan fingerprint density at radius 3 is 2.75 bits per heavy atom. The number of fused-ring (bicyclic) bond motifs is 1. The monoisotopic (exact) mass is 379 g/mol. The predicted molar refractivity (Wildman–Crippen MR) is 108 cm³/mol. The number of para-hydroxylation sites is 1. The first-order valence-electron chi connectivity index (χ1n) is 9.70. The summed E-state index contributed by atoms with van der Waals surface area (Å²) >= 11 is 0. The maximum atomic E-state index is 12.0. The molecule has 1 fully saturated rings. The number of rotatable bonds is 5. The molecule has 0 amide bonds. The maximum absolute atomic E-state index is 12.0. The summed E-state index contributed by atoms with van der Waals surface area (Å²) in [6.07, 6.45) is 0.994. The lowest BCUT2D eigenvalue weighted by atomic mass is 10.1. The second kappa shape index (κ2) is 8.02. The molecule has 0 unspecified atom stereocenters. The zero-order valence-electron chi connectivity index (χ0n) is 16.3. The fourth-order valence-corrected chi connectivity index (χ4v) is 3.84. The molecule has 28 heavy (non-hydrogen) atoms. The van der Waals surface area contributed by atoms with Crippen molar-refractivity contribution in [2.24, 2.45) is 0 Å². The Balaban J connectivity index is 1.55. The summed E-state index contributed by atoms with van der Waals surface area (Å²) in [7, 11) is 1.38. The highest BCUT2D eigenvalue weighted by Crippen LogP contribution is 2.28. The summed E-state index contributed by atoms with van der Waals surface area (Å²) in [6.45, 7) is 5.87. The van der Waals surface area contributed by atoms with Gasteiger partial charge in [-0.25, -0.2) is 4.79 Å².